The first-order valence-corrected chi connectivity index (χ1v) is 10.9. The predicted molar refractivity (Wildman–Crippen MR) is 130 cm³/mol. The number of rotatable bonds is 4. The molecule has 0 radical (unpaired) electrons. The highest BCUT2D eigenvalue weighted by Crippen LogP contribution is 2.44. The normalized spacial score (nSPS) is 17.5. The molecule has 5 rings (SSSR count). The minimum absolute atomic E-state index is 0.168. The minimum Gasteiger partial charge on any atom is -0.418 e. The lowest BCUT2D eigenvalue weighted by Gasteiger charge is -2.24. The SMILES string of the molecule is C1=[N+](c2ccccc2)C(c2ccccc2)C(c2ccccc2)N1c1ccccc1.F[B-](F)(F)F. The van der Waals surface area contributed by atoms with Crippen molar-refractivity contribution in [2.24, 2.45) is 0 Å². The summed E-state index contributed by atoms with van der Waals surface area (Å²) in [4.78, 5) is 2.40. The fraction of sp³-hybridized carbons (Fsp3) is 0.0741. The minimum atomic E-state index is -6.00. The summed E-state index contributed by atoms with van der Waals surface area (Å²) in [5.41, 5.74) is 5.00. The van der Waals surface area contributed by atoms with Gasteiger partial charge in [0, 0.05) is 11.1 Å². The molecule has 4 aromatic rings. The van der Waals surface area contributed by atoms with Crippen LogP contribution in [0.25, 0.3) is 0 Å². The van der Waals surface area contributed by atoms with Crippen molar-refractivity contribution < 1.29 is 21.8 Å². The first-order valence-electron chi connectivity index (χ1n) is 10.9. The molecular weight excluding hydrogens is 439 g/mol. The Hall–Kier alpha value is -3.87. The number of anilines is 1. The quantitative estimate of drug-likeness (QED) is 0.171. The van der Waals surface area contributed by atoms with E-state index in [-0.39, 0.29) is 12.1 Å². The average molecular weight is 462 g/mol. The second kappa shape index (κ2) is 10.4. The molecule has 0 saturated carbocycles. The summed E-state index contributed by atoms with van der Waals surface area (Å²) in [6, 6.07) is 43.3. The monoisotopic (exact) mass is 462 g/mol. The second-order valence-corrected chi connectivity index (χ2v) is 7.81. The van der Waals surface area contributed by atoms with Crippen LogP contribution in [0.5, 0.6) is 0 Å². The van der Waals surface area contributed by atoms with Crippen LogP contribution in [0.4, 0.5) is 28.6 Å². The highest BCUT2D eigenvalue weighted by atomic mass is 19.5. The van der Waals surface area contributed by atoms with E-state index in [1.807, 2.05) is 0 Å². The molecular formula is C27H23BF4N2. The van der Waals surface area contributed by atoms with Gasteiger partial charge in [-0.1, -0.05) is 97.1 Å². The van der Waals surface area contributed by atoms with Crippen LogP contribution in [0.1, 0.15) is 23.2 Å². The second-order valence-electron chi connectivity index (χ2n) is 7.81. The molecule has 1 aliphatic heterocycles. The van der Waals surface area contributed by atoms with Crippen molar-refractivity contribution in [2.75, 3.05) is 4.90 Å². The van der Waals surface area contributed by atoms with Gasteiger partial charge in [0.15, 0.2) is 12.1 Å². The van der Waals surface area contributed by atoms with E-state index in [9.17, 15) is 17.3 Å². The van der Waals surface area contributed by atoms with Crippen LogP contribution in [-0.2, 0) is 0 Å². The van der Waals surface area contributed by atoms with Gasteiger partial charge in [0.05, 0.1) is 0 Å². The molecule has 0 aromatic heterocycles. The maximum atomic E-state index is 9.75. The average Bonchev–Trinajstić information content (AvgIpc) is 3.26. The number of hydrogen-bond donors (Lipinski definition) is 0. The summed E-state index contributed by atoms with van der Waals surface area (Å²) in [6.07, 6.45) is 2.26. The Morgan fingerprint density at radius 2 is 0.971 bits per heavy atom. The number of hydrogen-bond acceptors (Lipinski definition) is 1. The Bertz CT molecular complexity index is 1200. The number of halogens is 4. The van der Waals surface area contributed by atoms with E-state index in [4.69, 9.17) is 0 Å². The lowest BCUT2D eigenvalue weighted by Crippen LogP contribution is -2.26. The molecule has 34 heavy (non-hydrogen) atoms. The Morgan fingerprint density at radius 3 is 1.47 bits per heavy atom. The first kappa shape index (κ1) is 23.3. The molecule has 2 atom stereocenters. The summed E-state index contributed by atoms with van der Waals surface area (Å²) in [6.45, 7) is 0. The van der Waals surface area contributed by atoms with Crippen molar-refractivity contribution in [1.82, 2.24) is 0 Å². The highest BCUT2D eigenvalue weighted by molar-refractivity contribution is 6.50. The van der Waals surface area contributed by atoms with E-state index >= 15 is 0 Å². The van der Waals surface area contributed by atoms with E-state index < -0.39 is 7.25 Å². The van der Waals surface area contributed by atoms with E-state index in [0.29, 0.717) is 0 Å². The van der Waals surface area contributed by atoms with Crippen LogP contribution in [0.15, 0.2) is 121 Å². The van der Waals surface area contributed by atoms with Crippen molar-refractivity contribution in [1.29, 1.82) is 0 Å². The molecule has 4 aromatic carbocycles. The Morgan fingerprint density at radius 1 is 0.559 bits per heavy atom. The summed E-state index contributed by atoms with van der Waals surface area (Å²) in [5.74, 6) is 0. The van der Waals surface area contributed by atoms with Gasteiger partial charge in [-0.25, -0.2) is 9.48 Å². The predicted octanol–water partition coefficient (Wildman–Crippen LogP) is 7.66. The van der Waals surface area contributed by atoms with Gasteiger partial charge in [0.25, 0.3) is 0 Å². The highest BCUT2D eigenvalue weighted by Gasteiger charge is 2.45. The third-order valence-corrected chi connectivity index (χ3v) is 5.54. The Balaban J connectivity index is 0.000000499. The molecule has 0 aliphatic carbocycles. The standard InChI is InChI=1S/C27H23N2.BF4/c1-5-13-22(14-6-1)26-27(23-15-7-2-8-16-23)29(25-19-11-4-12-20-25)21-28(26)24-17-9-3-10-18-24;2-1(3,4)5/h1-21,26-27H;/q+1;-1. The van der Waals surface area contributed by atoms with Gasteiger partial charge in [-0.05, 0) is 24.3 Å². The number of para-hydroxylation sites is 2. The molecule has 0 fully saturated rings. The molecule has 0 amide bonds. The largest absolute Gasteiger partial charge is 0.673 e. The number of benzene rings is 4. The van der Waals surface area contributed by atoms with Gasteiger partial charge in [-0.15, -0.1) is 0 Å². The van der Waals surface area contributed by atoms with E-state index in [1.165, 1.54) is 22.5 Å². The molecule has 1 heterocycles. The topological polar surface area (TPSA) is 6.25 Å². The lowest BCUT2D eigenvalue weighted by molar-refractivity contribution is -0.481. The maximum absolute atomic E-state index is 9.75. The van der Waals surface area contributed by atoms with Gasteiger partial charge in [0.1, 0.15) is 11.4 Å². The van der Waals surface area contributed by atoms with Crippen molar-refractivity contribution in [3.8, 4) is 0 Å². The smallest absolute Gasteiger partial charge is 0.418 e. The zero-order chi connectivity index (χ0) is 24.0. The van der Waals surface area contributed by atoms with Crippen LogP contribution in [0.2, 0.25) is 0 Å². The third-order valence-electron chi connectivity index (χ3n) is 5.54. The van der Waals surface area contributed by atoms with E-state index in [0.717, 1.165) is 0 Å². The fourth-order valence-corrected chi connectivity index (χ4v) is 4.22. The van der Waals surface area contributed by atoms with Crippen LogP contribution in [0.3, 0.4) is 0 Å². The summed E-state index contributed by atoms with van der Waals surface area (Å²) in [7, 11) is -6.00. The third kappa shape index (κ3) is 5.73. The van der Waals surface area contributed by atoms with Crippen LogP contribution >= 0.6 is 0 Å². The molecule has 2 unspecified atom stereocenters. The molecule has 172 valence electrons. The van der Waals surface area contributed by atoms with Gasteiger partial charge < -0.3 is 17.3 Å². The van der Waals surface area contributed by atoms with Gasteiger partial charge in [-0.2, -0.15) is 0 Å². The van der Waals surface area contributed by atoms with Crippen LogP contribution in [0, 0.1) is 0 Å². The number of nitrogens with zero attached hydrogens (tertiary/aromatic N) is 2. The Labute approximate surface area is 196 Å². The molecule has 2 nitrogen and oxygen atoms in total. The molecule has 7 heteroatoms. The summed E-state index contributed by atoms with van der Waals surface area (Å²) >= 11 is 0. The van der Waals surface area contributed by atoms with Crippen LogP contribution < -0.4 is 4.90 Å². The summed E-state index contributed by atoms with van der Waals surface area (Å²) < 4.78 is 41.4. The van der Waals surface area contributed by atoms with E-state index in [1.54, 1.807) is 0 Å². The molecule has 0 N–H and O–H groups in total. The lowest BCUT2D eigenvalue weighted by atomic mass is 9.92. The maximum Gasteiger partial charge on any atom is 0.673 e. The molecule has 0 bridgehead atoms. The molecule has 0 spiro atoms. The van der Waals surface area contributed by atoms with Crippen molar-refractivity contribution in [3.05, 3.63) is 132 Å². The first-order chi connectivity index (χ1) is 16.4. The Kier molecular flexibility index (Phi) is 7.11. The zero-order valence-electron chi connectivity index (χ0n) is 18.3. The molecule has 1 aliphatic rings. The van der Waals surface area contributed by atoms with Gasteiger partial charge >= 0.3 is 7.25 Å². The van der Waals surface area contributed by atoms with Crippen molar-refractivity contribution in [3.63, 3.8) is 0 Å². The van der Waals surface area contributed by atoms with Gasteiger partial charge in [-0.3, -0.25) is 0 Å². The van der Waals surface area contributed by atoms with E-state index in [2.05, 4.69) is 137 Å². The van der Waals surface area contributed by atoms with Crippen LogP contribution in [-0.4, -0.2) is 18.2 Å². The molecule has 0 saturated heterocycles. The zero-order valence-corrected chi connectivity index (χ0v) is 18.3. The fourth-order valence-electron chi connectivity index (χ4n) is 4.22. The van der Waals surface area contributed by atoms with Gasteiger partial charge in [0.2, 0.25) is 6.34 Å². The summed E-state index contributed by atoms with van der Waals surface area (Å²) in [5, 5.41) is 0. The van der Waals surface area contributed by atoms with Crippen molar-refractivity contribution in [2.45, 2.75) is 12.1 Å². The van der Waals surface area contributed by atoms with Crippen molar-refractivity contribution >= 4 is 25.0 Å².